The number of alkyl carbamates (subject to hydrolysis) is 1. The Labute approximate surface area is 134 Å². The van der Waals surface area contributed by atoms with Crippen LogP contribution in [0.4, 0.5) is 4.79 Å². The van der Waals surface area contributed by atoms with Crippen molar-refractivity contribution in [3.63, 3.8) is 0 Å². The Balaban J connectivity index is 1.98. The number of nitrogens with one attached hydrogen (secondary N) is 1. The zero-order valence-electron chi connectivity index (χ0n) is 14.5. The lowest BCUT2D eigenvalue weighted by Gasteiger charge is -2.31. The molecule has 1 aromatic rings. The van der Waals surface area contributed by atoms with E-state index >= 15 is 0 Å². The van der Waals surface area contributed by atoms with E-state index in [0.717, 1.165) is 19.3 Å². The van der Waals surface area contributed by atoms with Crippen molar-refractivity contribution in [2.24, 2.45) is 0 Å². The Kier molecular flexibility index (Phi) is 5.15. The van der Waals surface area contributed by atoms with Crippen LogP contribution in [0.2, 0.25) is 0 Å². The summed E-state index contributed by atoms with van der Waals surface area (Å²) in [6.45, 7) is 9.98. The fourth-order valence-corrected chi connectivity index (χ4v) is 3.34. The van der Waals surface area contributed by atoms with Crippen molar-refractivity contribution in [2.45, 2.75) is 77.9 Å². The van der Waals surface area contributed by atoms with Crippen LogP contribution in [0, 0.1) is 13.8 Å². The molecule has 122 valence electrons. The van der Waals surface area contributed by atoms with Crippen molar-refractivity contribution in [2.75, 3.05) is 0 Å². The van der Waals surface area contributed by atoms with E-state index in [1.54, 1.807) is 0 Å². The van der Waals surface area contributed by atoms with Crippen molar-refractivity contribution in [1.82, 2.24) is 5.32 Å². The van der Waals surface area contributed by atoms with Crippen LogP contribution in [-0.4, -0.2) is 17.7 Å². The number of hydrogen-bond donors (Lipinski definition) is 1. The maximum Gasteiger partial charge on any atom is 0.407 e. The Bertz CT molecular complexity index is 510. The van der Waals surface area contributed by atoms with Crippen LogP contribution in [0.25, 0.3) is 0 Å². The molecule has 0 aromatic heterocycles. The fourth-order valence-electron chi connectivity index (χ4n) is 3.34. The average molecular weight is 303 g/mol. The predicted octanol–water partition coefficient (Wildman–Crippen LogP) is 4.85. The number of benzene rings is 1. The first-order chi connectivity index (χ1) is 10.2. The molecule has 3 nitrogen and oxygen atoms in total. The van der Waals surface area contributed by atoms with E-state index in [0.29, 0.717) is 5.92 Å². The molecular formula is C19H29NO2. The standard InChI is InChI=1S/C19H29NO2/c1-13-9-14(2)11-16(10-13)15-7-6-8-17(12-15)20-18(21)22-19(3,4)5/h9-11,15,17H,6-8,12H2,1-5H3,(H,20,21). The lowest BCUT2D eigenvalue weighted by atomic mass is 9.80. The maximum absolute atomic E-state index is 11.9. The van der Waals surface area contributed by atoms with E-state index in [9.17, 15) is 4.79 Å². The molecule has 2 unspecified atom stereocenters. The zero-order valence-corrected chi connectivity index (χ0v) is 14.5. The van der Waals surface area contributed by atoms with Gasteiger partial charge in [0, 0.05) is 6.04 Å². The first kappa shape index (κ1) is 16.9. The number of hydrogen-bond acceptors (Lipinski definition) is 2. The zero-order chi connectivity index (χ0) is 16.3. The Morgan fingerprint density at radius 3 is 2.36 bits per heavy atom. The van der Waals surface area contributed by atoms with E-state index in [2.05, 4.69) is 37.4 Å². The molecule has 1 fully saturated rings. The average Bonchev–Trinajstić information content (AvgIpc) is 2.35. The molecule has 0 saturated heterocycles. The third-order valence-electron chi connectivity index (χ3n) is 4.11. The Morgan fingerprint density at radius 2 is 1.77 bits per heavy atom. The minimum absolute atomic E-state index is 0.217. The second kappa shape index (κ2) is 6.72. The van der Waals surface area contributed by atoms with Gasteiger partial charge in [0.25, 0.3) is 0 Å². The van der Waals surface area contributed by atoms with Gasteiger partial charge in [0.15, 0.2) is 0 Å². The smallest absolute Gasteiger partial charge is 0.407 e. The summed E-state index contributed by atoms with van der Waals surface area (Å²) in [4.78, 5) is 11.9. The van der Waals surface area contributed by atoms with Crippen molar-refractivity contribution < 1.29 is 9.53 Å². The highest BCUT2D eigenvalue weighted by Gasteiger charge is 2.26. The highest BCUT2D eigenvalue weighted by Crippen LogP contribution is 2.33. The van der Waals surface area contributed by atoms with E-state index in [4.69, 9.17) is 4.74 Å². The quantitative estimate of drug-likeness (QED) is 0.847. The lowest BCUT2D eigenvalue weighted by Crippen LogP contribution is -2.41. The molecule has 1 aromatic carbocycles. The van der Waals surface area contributed by atoms with E-state index < -0.39 is 5.60 Å². The number of amides is 1. The third kappa shape index (κ3) is 5.04. The molecule has 3 heteroatoms. The minimum atomic E-state index is -0.439. The van der Waals surface area contributed by atoms with Gasteiger partial charge < -0.3 is 10.1 Å². The maximum atomic E-state index is 11.9. The van der Waals surface area contributed by atoms with E-state index in [1.807, 2.05) is 20.8 Å². The Hall–Kier alpha value is -1.51. The normalized spacial score (nSPS) is 22.2. The van der Waals surface area contributed by atoms with Crippen LogP contribution in [0.15, 0.2) is 18.2 Å². The second-order valence-corrected chi connectivity index (χ2v) is 7.63. The topological polar surface area (TPSA) is 38.3 Å². The van der Waals surface area contributed by atoms with Crippen LogP contribution in [0.3, 0.4) is 0 Å². The van der Waals surface area contributed by atoms with Gasteiger partial charge in [-0.05, 0) is 65.4 Å². The summed E-state index contributed by atoms with van der Waals surface area (Å²) >= 11 is 0. The van der Waals surface area contributed by atoms with E-state index in [1.165, 1.54) is 23.1 Å². The third-order valence-corrected chi connectivity index (χ3v) is 4.11. The molecule has 0 bridgehead atoms. The molecule has 22 heavy (non-hydrogen) atoms. The molecule has 2 atom stereocenters. The predicted molar refractivity (Wildman–Crippen MR) is 90.3 cm³/mol. The molecule has 1 amide bonds. The van der Waals surface area contributed by atoms with Crippen molar-refractivity contribution >= 4 is 6.09 Å². The number of rotatable bonds is 2. The molecule has 0 aliphatic heterocycles. The van der Waals surface area contributed by atoms with Gasteiger partial charge >= 0.3 is 6.09 Å². The minimum Gasteiger partial charge on any atom is -0.444 e. The Morgan fingerprint density at radius 1 is 1.14 bits per heavy atom. The largest absolute Gasteiger partial charge is 0.444 e. The fraction of sp³-hybridized carbons (Fsp3) is 0.632. The number of carbonyl (C=O) groups is 1. The highest BCUT2D eigenvalue weighted by atomic mass is 16.6. The van der Waals surface area contributed by atoms with Crippen LogP contribution < -0.4 is 5.32 Å². The van der Waals surface area contributed by atoms with Crippen molar-refractivity contribution in [3.8, 4) is 0 Å². The van der Waals surface area contributed by atoms with Gasteiger partial charge in [-0.3, -0.25) is 0 Å². The SMILES string of the molecule is Cc1cc(C)cc(C2CCCC(NC(=O)OC(C)(C)C)C2)c1. The van der Waals surface area contributed by atoms with Crippen molar-refractivity contribution in [1.29, 1.82) is 0 Å². The molecule has 1 aliphatic rings. The second-order valence-electron chi connectivity index (χ2n) is 7.63. The van der Waals surface area contributed by atoms with Crippen LogP contribution in [-0.2, 0) is 4.74 Å². The first-order valence-electron chi connectivity index (χ1n) is 8.30. The van der Waals surface area contributed by atoms with Gasteiger partial charge in [0.05, 0.1) is 0 Å². The highest BCUT2D eigenvalue weighted by molar-refractivity contribution is 5.68. The van der Waals surface area contributed by atoms with Crippen LogP contribution >= 0.6 is 0 Å². The molecule has 1 saturated carbocycles. The first-order valence-corrected chi connectivity index (χ1v) is 8.30. The summed E-state index contributed by atoms with van der Waals surface area (Å²) in [5.74, 6) is 0.535. The summed E-state index contributed by atoms with van der Waals surface area (Å²) in [7, 11) is 0. The molecular weight excluding hydrogens is 274 g/mol. The molecule has 0 heterocycles. The summed E-state index contributed by atoms with van der Waals surface area (Å²) in [5, 5.41) is 3.04. The molecule has 1 N–H and O–H groups in total. The van der Waals surface area contributed by atoms with Gasteiger partial charge in [0.2, 0.25) is 0 Å². The molecule has 0 radical (unpaired) electrons. The number of carbonyl (C=O) groups excluding carboxylic acids is 1. The van der Waals surface area contributed by atoms with Crippen LogP contribution in [0.1, 0.15) is 69.1 Å². The summed E-state index contributed by atoms with van der Waals surface area (Å²) in [6.07, 6.45) is 4.11. The number of aryl methyl sites for hydroxylation is 2. The van der Waals surface area contributed by atoms with Crippen molar-refractivity contribution in [3.05, 3.63) is 34.9 Å². The van der Waals surface area contributed by atoms with Crippen LogP contribution in [0.5, 0.6) is 0 Å². The molecule has 0 spiro atoms. The molecule has 2 rings (SSSR count). The monoisotopic (exact) mass is 303 g/mol. The van der Waals surface area contributed by atoms with Gasteiger partial charge in [-0.25, -0.2) is 4.79 Å². The summed E-state index contributed by atoms with van der Waals surface area (Å²) in [6, 6.07) is 7.00. The summed E-state index contributed by atoms with van der Waals surface area (Å²) < 4.78 is 5.37. The lowest BCUT2D eigenvalue weighted by molar-refractivity contribution is 0.0490. The van der Waals surface area contributed by atoms with Gasteiger partial charge in [-0.15, -0.1) is 0 Å². The van der Waals surface area contributed by atoms with Gasteiger partial charge in [-0.2, -0.15) is 0 Å². The van der Waals surface area contributed by atoms with Gasteiger partial charge in [-0.1, -0.05) is 35.7 Å². The molecule has 1 aliphatic carbocycles. The summed E-state index contributed by atoms with van der Waals surface area (Å²) in [5.41, 5.74) is 3.61. The van der Waals surface area contributed by atoms with Gasteiger partial charge in [0.1, 0.15) is 5.60 Å². The van der Waals surface area contributed by atoms with E-state index in [-0.39, 0.29) is 12.1 Å². The number of ether oxygens (including phenoxy) is 1.